The average molecular weight is 213 g/mol. The summed E-state index contributed by atoms with van der Waals surface area (Å²) in [6.45, 7) is 0. The lowest BCUT2D eigenvalue weighted by Gasteiger charge is -2.10. The van der Waals surface area contributed by atoms with Gasteiger partial charge in [-0.2, -0.15) is 5.26 Å². The Balaban J connectivity index is 3.99. The van der Waals surface area contributed by atoms with Gasteiger partial charge in [0, 0.05) is 19.3 Å². The highest BCUT2D eigenvalue weighted by atomic mass is 16.5. The second kappa shape index (κ2) is 7.80. The lowest BCUT2D eigenvalue weighted by Crippen LogP contribution is -2.12. The molecule has 0 amide bonds. The third-order valence-corrected chi connectivity index (χ3v) is 2.05. The van der Waals surface area contributed by atoms with E-state index in [4.69, 9.17) is 5.26 Å². The van der Waals surface area contributed by atoms with Gasteiger partial charge in [0.25, 0.3) is 0 Å². The van der Waals surface area contributed by atoms with Crippen molar-refractivity contribution in [2.24, 2.45) is 5.92 Å². The van der Waals surface area contributed by atoms with E-state index in [9.17, 15) is 9.59 Å². The van der Waals surface area contributed by atoms with E-state index >= 15 is 0 Å². The predicted molar refractivity (Wildman–Crippen MR) is 51.6 cm³/mol. The molecule has 0 aromatic carbocycles. The molecule has 0 aliphatic carbocycles. The van der Waals surface area contributed by atoms with Crippen molar-refractivity contribution in [3.63, 3.8) is 0 Å². The maximum Gasteiger partial charge on any atom is 0.305 e. The zero-order valence-corrected chi connectivity index (χ0v) is 8.99. The molecule has 0 aromatic heterocycles. The molecule has 0 radical (unpaired) electrons. The van der Waals surface area contributed by atoms with Crippen molar-refractivity contribution in [3.05, 3.63) is 0 Å². The highest BCUT2D eigenvalue weighted by molar-refractivity contribution is 5.70. The average Bonchev–Trinajstić information content (AvgIpc) is 2.25. The molecule has 0 bridgehead atoms. The molecule has 5 heteroatoms. The molecule has 1 atom stereocenters. The van der Waals surface area contributed by atoms with Crippen LogP contribution in [0.3, 0.4) is 0 Å². The van der Waals surface area contributed by atoms with E-state index in [2.05, 4.69) is 9.47 Å². The van der Waals surface area contributed by atoms with Crippen LogP contribution in [0.1, 0.15) is 25.7 Å². The summed E-state index contributed by atoms with van der Waals surface area (Å²) in [4.78, 5) is 21.8. The van der Waals surface area contributed by atoms with Crippen LogP contribution >= 0.6 is 0 Å². The number of methoxy groups -OCH3 is 2. The van der Waals surface area contributed by atoms with E-state index in [1.165, 1.54) is 14.2 Å². The van der Waals surface area contributed by atoms with Gasteiger partial charge in [-0.25, -0.2) is 0 Å². The summed E-state index contributed by atoms with van der Waals surface area (Å²) in [5.74, 6) is -0.829. The fourth-order valence-corrected chi connectivity index (χ4v) is 1.15. The van der Waals surface area contributed by atoms with Gasteiger partial charge in [0.15, 0.2) is 0 Å². The Labute approximate surface area is 89.0 Å². The number of esters is 2. The van der Waals surface area contributed by atoms with E-state index in [1.807, 2.05) is 6.07 Å². The highest BCUT2D eigenvalue weighted by Crippen LogP contribution is 2.16. The molecule has 0 saturated carbocycles. The number of hydrogen-bond acceptors (Lipinski definition) is 5. The van der Waals surface area contributed by atoms with Crippen molar-refractivity contribution in [3.8, 4) is 6.07 Å². The molecule has 0 aromatic rings. The molecule has 0 N–H and O–H groups in total. The highest BCUT2D eigenvalue weighted by Gasteiger charge is 2.15. The smallest absolute Gasteiger partial charge is 0.305 e. The minimum Gasteiger partial charge on any atom is -0.469 e. The van der Waals surface area contributed by atoms with Gasteiger partial charge in [0.2, 0.25) is 0 Å². The topological polar surface area (TPSA) is 76.4 Å². The summed E-state index contributed by atoms with van der Waals surface area (Å²) in [6, 6.07) is 1.98. The summed E-state index contributed by atoms with van der Waals surface area (Å²) in [6.07, 6.45) is 1.10. The van der Waals surface area contributed by atoms with Gasteiger partial charge in [-0.1, -0.05) is 0 Å². The molecule has 0 aliphatic heterocycles. The Morgan fingerprint density at radius 1 is 1.27 bits per heavy atom. The molecular weight excluding hydrogens is 198 g/mol. The SMILES string of the molecule is COC(=O)CCC(CC#N)CC(=O)OC. The van der Waals surface area contributed by atoms with Crippen molar-refractivity contribution in [2.45, 2.75) is 25.7 Å². The van der Waals surface area contributed by atoms with Crippen LogP contribution in [0.4, 0.5) is 0 Å². The second-order valence-corrected chi connectivity index (χ2v) is 3.12. The fraction of sp³-hybridized carbons (Fsp3) is 0.700. The lowest BCUT2D eigenvalue weighted by molar-refractivity contribution is -0.143. The zero-order valence-electron chi connectivity index (χ0n) is 8.99. The normalized spacial score (nSPS) is 11.3. The number of rotatable bonds is 6. The van der Waals surface area contributed by atoms with Crippen LogP contribution in [0.2, 0.25) is 0 Å². The van der Waals surface area contributed by atoms with Crippen LogP contribution in [0.5, 0.6) is 0 Å². The maximum atomic E-state index is 11.0. The van der Waals surface area contributed by atoms with Gasteiger partial charge in [0.1, 0.15) is 0 Å². The monoisotopic (exact) mass is 213 g/mol. The van der Waals surface area contributed by atoms with Crippen molar-refractivity contribution in [2.75, 3.05) is 14.2 Å². The Morgan fingerprint density at radius 3 is 2.33 bits per heavy atom. The quantitative estimate of drug-likeness (QED) is 0.616. The molecule has 0 spiro atoms. The molecular formula is C10H15NO4. The third kappa shape index (κ3) is 6.49. The van der Waals surface area contributed by atoms with Gasteiger partial charge >= 0.3 is 11.9 Å². The van der Waals surface area contributed by atoms with E-state index < -0.39 is 0 Å². The van der Waals surface area contributed by atoms with Crippen LogP contribution in [0, 0.1) is 17.2 Å². The number of hydrogen-bond donors (Lipinski definition) is 0. The molecule has 15 heavy (non-hydrogen) atoms. The zero-order chi connectivity index (χ0) is 11.7. The Hall–Kier alpha value is -1.57. The van der Waals surface area contributed by atoms with Crippen LogP contribution in [0.15, 0.2) is 0 Å². The minimum atomic E-state index is -0.361. The summed E-state index contributed by atoms with van der Waals surface area (Å²) in [5.41, 5.74) is 0. The summed E-state index contributed by atoms with van der Waals surface area (Å²) in [5, 5.41) is 8.53. The molecule has 5 nitrogen and oxygen atoms in total. The van der Waals surface area contributed by atoms with Crippen molar-refractivity contribution >= 4 is 11.9 Å². The van der Waals surface area contributed by atoms with E-state index in [-0.39, 0.29) is 37.1 Å². The molecule has 0 heterocycles. The van der Waals surface area contributed by atoms with Crippen molar-refractivity contribution < 1.29 is 19.1 Å². The minimum absolute atomic E-state index is 0.137. The van der Waals surface area contributed by atoms with Crippen molar-refractivity contribution in [1.29, 1.82) is 5.26 Å². The Bertz CT molecular complexity index is 257. The largest absolute Gasteiger partial charge is 0.469 e. The predicted octanol–water partition coefficient (Wildman–Crippen LogP) is 1.03. The van der Waals surface area contributed by atoms with Gasteiger partial charge in [0.05, 0.1) is 20.3 Å². The summed E-state index contributed by atoms with van der Waals surface area (Å²) >= 11 is 0. The first-order valence-corrected chi connectivity index (χ1v) is 4.64. The van der Waals surface area contributed by atoms with E-state index in [1.54, 1.807) is 0 Å². The van der Waals surface area contributed by atoms with Gasteiger partial charge in [-0.15, -0.1) is 0 Å². The number of nitrogens with zero attached hydrogens (tertiary/aromatic N) is 1. The molecule has 0 rings (SSSR count). The third-order valence-electron chi connectivity index (χ3n) is 2.05. The molecule has 84 valence electrons. The first-order valence-electron chi connectivity index (χ1n) is 4.64. The first-order chi connectivity index (χ1) is 7.13. The van der Waals surface area contributed by atoms with Crippen LogP contribution in [-0.2, 0) is 19.1 Å². The molecule has 0 aliphatic rings. The van der Waals surface area contributed by atoms with Crippen LogP contribution in [-0.4, -0.2) is 26.2 Å². The first kappa shape index (κ1) is 13.4. The van der Waals surface area contributed by atoms with Crippen LogP contribution in [0.25, 0.3) is 0 Å². The summed E-state index contributed by atoms with van der Waals surface area (Å²) in [7, 11) is 2.61. The number of nitriles is 1. The fourth-order valence-electron chi connectivity index (χ4n) is 1.15. The Kier molecular flexibility index (Phi) is 6.98. The number of carbonyl (C=O) groups excluding carboxylic acids is 2. The van der Waals surface area contributed by atoms with E-state index in [0.717, 1.165) is 0 Å². The van der Waals surface area contributed by atoms with Gasteiger partial charge in [-0.3, -0.25) is 9.59 Å². The molecule has 0 fully saturated rings. The number of ether oxygens (including phenoxy) is 2. The Morgan fingerprint density at radius 2 is 1.87 bits per heavy atom. The van der Waals surface area contributed by atoms with Crippen molar-refractivity contribution in [1.82, 2.24) is 0 Å². The lowest BCUT2D eigenvalue weighted by atomic mass is 9.96. The molecule has 0 saturated heterocycles. The van der Waals surface area contributed by atoms with E-state index in [0.29, 0.717) is 6.42 Å². The van der Waals surface area contributed by atoms with Crippen LogP contribution < -0.4 is 0 Å². The second-order valence-electron chi connectivity index (χ2n) is 3.12. The standard InChI is InChI=1S/C10H15NO4/c1-14-9(12)4-3-8(5-6-11)7-10(13)15-2/h8H,3-5,7H2,1-2H3. The summed E-state index contributed by atoms with van der Waals surface area (Å²) < 4.78 is 8.97. The number of carbonyl (C=O) groups is 2. The molecule has 1 unspecified atom stereocenters. The van der Waals surface area contributed by atoms with Gasteiger partial charge < -0.3 is 9.47 Å². The maximum absolute atomic E-state index is 11.0. The van der Waals surface area contributed by atoms with Gasteiger partial charge in [-0.05, 0) is 12.3 Å².